The Morgan fingerprint density at radius 2 is 2.06 bits per heavy atom. The number of aryl methyl sites for hydroxylation is 1. The quantitative estimate of drug-likeness (QED) is 0.895. The van der Waals surface area contributed by atoms with Crippen LogP contribution in [0, 0.1) is 18.7 Å². The maximum absolute atomic E-state index is 13.6. The van der Waals surface area contributed by atoms with Gasteiger partial charge in [-0.15, -0.1) is 0 Å². The lowest BCUT2D eigenvalue weighted by molar-refractivity contribution is 0.621. The van der Waals surface area contributed by atoms with Crippen LogP contribution in [-0.2, 0) is 6.42 Å². The highest BCUT2D eigenvalue weighted by Crippen LogP contribution is 2.26. The molecular formula is C14H15BrFNO. The Morgan fingerprint density at radius 1 is 1.39 bits per heavy atom. The fraction of sp³-hybridized carbons (Fsp3) is 0.357. The first kappa shape index (κ1) is 13.3. The van der Waals surface area contributed by atoms with Crippen molar-refractivity contribution >= 4 is 26.8 Å². The summed E-state index contributed by atoms with van der Waals surface area (Å²) in [6.45, 7) is 5.98. The second kappa shape index (κ2) is 4.84. The summed E-state index contributed by atoms with van der Waals surface area (Å²) >= 11 is 3.15. The van der Waals surface area contributed by atoms with Crippen molar-refractivity contribution in [1.29, 1.82) is 0 Å². The normalized spacial score (nSPS) is 11.4. The Morgan fingerprint density at radius 3 is 2.67 bits per heavy atom. The van der Waals surface area contributed by atoms with E-state index in [0.717, 1.165) is 17.7 Å². The van der Waals surface area contributed by atoms with Crippen molar-refractivity contribution in [3.8, 4) is 0 Å². The maximum Gasteiger partial charge on any atom is 0.190 e. The number of H-pyrrole nitrogens is 1. The number of pyridine rings is 1. The van der Waals surface area contributed by atoms with Crippen molar-refractivity contribution in [1.82, 2.24) is 4.98 Å². The van der Waals surface area contributed by atoms with Gasteiger partial charge in [-0.25, -0.2) is 4.39 Å². The molecule has 0 unspecified atom stereocenters. The van der Waals surface area contributed by atoms with Gasteiger partial charge in [0.2, 0.25) is 0 Å². The van der Waals surface area contributed by atoms with E-state index >= 15 is 0 Å². The molecule has 0 aliphatic carbocycles. The number of rotatable bonds is 2. The standard InChI is InChI=1S/C14H15BrFNO/c1-7(2)4-9-6-11(18)12-13(15)10(16)5-8(3)14(12)17-9/h5-7H,4H2,1-3H3,(H,17,18). The summed E-state index contributed by atoms with van der Waals surface area (Å²) < 4.78 is 13.8. The molecule has 0 bridgehead atoms. The van der Waals surface area contributed by atoms with Crippen LogP contribution in [0.5, 0.6) is 0 Å². The Balaban J connectivity index is 2.78. The molecule has 1 N–H and O–H groups in total. The number of benzene rings is 1. The molecule has 0 saturated carbocycles. The largest absolute Gasteiger partial charge is 0.358 e. The minimum absolute atomic E-state index is 0.145. The second-order valence-corrected chi connectivity index (χ2v) is 5.79. The molecule has 4 heteroatoms. The van der Waals surface area contributed by atoms with Gasteiger partial charge in [0.05, 0.1) is 15.4 Å². The van der Waals surface area contributed by atoms with Gasteiger partial charge in [0.1, 0.15) is 5.82 Å². The van der Waals surface area contributed by atoms with Crippen molar-refractivity contribution in [3.05, 3.63) is 43.9 Å². The third kappa shape index (κ3) is 2.34. The van der Waals surface area contributed by atoms with Crippen molar-refractivity contribution in [2.45, 2.75) is 27.2 Å². The molecule has 0 spiro atoms. The van der Waals surface area contributed by atoms with Crippen LogP contribution >= 0.6 is 15.9 Å². The van der Waals surface area contributed by atoms with Crippen LogP contribution in [0.1, 0.15) is 25.1 Å². The predicted octanol–water partition coefficient (Wildman–Crippen LogP) is 3.94. The Kier molecular flexibility index (Phi) is 3.57. The molecule has 2 rings (SSSR count). The Labute approximate surface area is 113 Å². The topological polar surface area (TPSA) is 32.9 Å². The number of fused-ring (bicyclic) bond motifs is 1. The average molecular weight is 312 g/mol. The maximum atomic E-state index is 13.6. The van der Waals surface area contributed by atoms with Crippen molar-refractivity contribution < 1.29 is 4.39 Å². The highest BCUT2D eigenvalue weighted by atomic mass is 79.9. The smallest absolute Gasteiger partial charge is 0.190 e. The highest BCUT2D eigenvalue weighted by Gasteiger charge is 2.13. The van der Waals surface area contributed by atoms with E-state index in [4.69, 9.17) is 0 Å². The molecule has 0 saturated heterocycles. The van der Waals surface area contributed by atoms with Gasteiger partial charge in [-0.05, 0) is 46.8 Å². The molecule has 0 aliphatic heterocycles. The fourth-order valence-electron chi connectivity index (χ4n) is 2.12. The van der Waals surface area contributed by atoms with Gasteiger partial charge in [-0.3, -0.25) is 4.79 Å². The zero-order valence-corrected chi connectivity index (χ0v) is 12.2. The van der Waals surface area contributed by atoms with Crippen LogP contribution in [0.3, 0.4) is 0 Å². The van der Waals surface area contributed by atoms with Crippen LogP contribution in [-0.4, -0.2) is 4.98 Å². The number of aromatic nitrogens is 1. The highest BCUT2D eigenvalue weighted by molar-refractivity contribution is 9.10. The first-order valence-electron chi connectivity index (χ1n) is 5.90. The molecule has 0 aliphatic rings. The van der Waals surface area contributed by atoms with Crippen LogP contribution < -0.4 is 5.43 Å². The molecule has 2 nitrogen and oxygen atoms in total. The Bertz CT molecular complexity index is 661. The number of aromatic amines is 1. The molecule has 1 heterocycles. The van der Waals surface area contributed by atoms with Gasteiger partial charge in [-0.2, -0.15) is 0 Å². The number of halogens is 2. The average Bonchev–Trinajstić information content (AvgIpc) is 2.24. The number of hydrogen-bond donors (Lipinski definition) is 1. The molecule has 0 radical (unpaired) electrons. The van der Waals surface area contributed by atoms with E-state index in [1.54, 1.807) is 13.0 Å². The number of hydrogen-bond acceptors (Lipinski definition) is 1. The lowest BCUT2D eigenvalue weighted by Gasteiger charge is -2.10. The lowest BCUT2D eigenvalue weighted by atomic mass is 10.0. The summed E-state index contributed by atoms with van der Waals surface area (Å²) in [5.74, 6) is 0.0596. The first-order valence-corrected chi connectivity index (χ1v) is 6.70. The van der Waals surface area contributed by atoms with E-state index in [1.807, 2.05) is 0 Å². The monoisotopic (exact) mass is 311 g/mol. The summed E-state index contributed by atoms with van der Waals surface area (Å²) in [7, 11) is 0. The van der Waals surface area contributed by atoms with Gasteiger partial charge in [0, 0.05) is 11.8 Å². The third-order valence-electron chi connectivity index (χ3n) is 2.88. The predicted molar refractivity (Wildman–Crippen MR) is 75.5 cm³/mol. The van der Waals surface area contributed by atoms with E-state index in [1.165, 1.54) is 6.07 Å². The fourth-order valence-corrected chi connectivity index (χ4v) is 2.63. The number of nitrogens with one attached hydrogen (secondary N) is 1. The van der Waals surface area contributed by atoms with Gasteiger partial charge < -0.3 is 4.98 Å². The van der Waals surface area contributed by atoms with E-state index in [2.05, 4.69) is 34.8 Å². The summed E-state index contributed by atoms with van der Waals surface area (Å²) in [6, 6.07) is 2.99. The molecular weight excluding hydrogens is 297 g/mol. The third-order valence-corrected chi connectivity index (χ3v) is 3.66. The molecule has 1 aromatic carbocycles. The van der Waals surface area contributed by atoms with Crippen LogP contribution in [0.25, 0.3) is 10.9 Å². The lowest BCUT2D eigenvalue weighted by Crippen LogP contribution is -2.09. The summed E-state index contributed by atoms with van der Waals surface area (Å²) in [6.07, 6.45) is 0.805. The van der Waals surface area contributed by atoms with Crippen molar-refractivity contribution in [2.24, 2.45) is 5.92 Å². The van der Waals surface area contributed by atoms with Gasteiger partial charge in [0.15, 0.2) is 5.43 Å². The minimum Gasteiger partial charge on any atom is -0.358 e. The van der Waals surface area contributed by atoms with E-state index in [9.17, 15) is 9.18 Å². The Hall–Kier alpha value is -1.16. The zero-order valence-electron chi connectivity index (χ0n) is 10.6. The van der Waals surface area contributed by atoms with Crippen molar-refractivity contribution in [2.75, 3.05) is 0 Å². The van der Waals surface area contributed by atoms with Gasteiger partial charge >= 0.3 is 0 Å². The van der Waals surface area contributed by atoms with E-state index in [0.29, 0.717) is 16.8 Å². The molecule has 96 valence electrons. The summed E-state index contributed by atoms with van der Waals surface area (Å²) in [4.78, 5) is 15.3. The zero-order chi connectivity index (χ0) is 13.4. The second-order valence-electron chi connectivity index (χ2n) is 5.00. The molecule has 0 atom stereocenters. The minimum atomic E-state index is -0.401. The van der Waals surface area contributed by atoms with Crippen LogP contribution in [0.2, 0.25) is 0 Å². The summed E-state index contributed by atoms with van der Waals surface area (Å²) in [5.41, 5.74) is 2.21. The molecule has 0 fully saturated rings. The van der Waals surface area contributed by atoms with Crippen LogP contribution in [0.4, 0.5) is 4.39 Å². The SMILES string of the molecule is Cc1cc(F)c(Br)c2c(=O)cc(CC(C)C)[nH]c12. The molecule has 18 heavy (non-hydrogen) atoms. The molecule has 2 aromatic rings. The first-order chi connectivity index (χ1) is 8.40. The van der Waals surface area contributed by atoms with Crippen LogP contribution in [0.15, 0.2) is 21.4 Å². The molecule has 0 amide bonds. The van der Waals surface area contributed by atoms with E-state index < -0.39 is 5.82 Å². The van der Waals surface area contributed by atoms with Gasteiger partial charge in [0.25, 0.3) is 0 Å². The van der Waals surface area contributed by atoms with E-state index in [-0.39, 0.29) is 9.90 Å². The summed E-state index contributed by atoms with van der Waals surface area (Å²) in [5, 5.41) is 0.389. The molecule has 1 aromatic heterocycles. The van der Waals surface area contributed by atoms with Crippen molar-refractivity contribution in [3.63, 3.8) is 0 Å². The van der Waals surface area contributed by atoms with Gasteiger partial charge in [-0.1, -0.05) is 13.8 Å².